The molecule has 1 fully saturated rings. The quantitative estimate of drug-likeness (QED) is 0.706. The van der Waals surface area contributed by atoms with Crippen LogP contribution in [0.4, 0.5) is 0 Å². The highest BCUT2D eigenvalue weighted by Crippen LogP contribution is 2.44. The molecule has 0 bridgehead atoms. The van der Waals surface area contributed by atoms with Gasteiger partial charge in [-0.15, -0.1) is 0 Å². The lowest BCUT2D eigenvalue weighted by Gasteiger charge is -2.35. The van der Waals surface area contributed by atoms with Gasteiger partial charge >= 0.3 is 0 Å². The molecule has 1 aliphatic rings. The van der Waals surface area contributed by atoms with Gasteiger partial charge in [-0.05, 0) is 67.7 Å². The van der Waals surface area contributed by atoms with Crippen molar-refractivity contribution in [3.63, 3.8) is 0 Å². The Morgan fingerprint density at radius 2 is 1.90 bits per heavy atom. The summed E-state index contributed by atoms with van der Waals surface area (Å²) in [5.74, 6) is 0.292. The monoisotopic (exact) mass is 374 g/mol. The summed E-state index contributed by atoms with van der Waals surface area (Å²) in [6.07, 6.45) is 4.30. The molecule has 2 rings (SSSR count). The average molecular weight is 375 g/mol. The second-order valence-electron chi connectivity index (χ2n) is 6.48. The van der Waals surface area contributed by atoms with E-state index < -0.39 is 10.1 Å². The first-order chi connectivity index (χ1) is 9.75. The van der Waals surface area contributed by atoms with Crippen LogP contribution in [-0.2, 0) is 14.3 Å². The Hall–Kier alpha value is -0.390. The molecule has 0 heterocycles. The van der Waals surface area contributed by atoms with Gasteiger partial charge in [-0.1, -0.05) is 29.8 Å². The molecule has 0 unspecified atom stereocenters. The maximum atomic E-state index is 12.3. The van der Waals surface area contributed by atoms with Crippen LogP contribution in [0, 0.1) is 5.41 Å². The first-order valence-corrected chi connectivity index (χ1v) is 9.64. The minimum absolute atomic E-state index is 0.162. The van der Waals surface area contributed by atoms with E-state index >= 15 is 0 Å². The van der Waals surface area contributed by atoms with E-state index in [2.05, 4.69) is 29.8 Å². The Morgan fingerprint density at radius 1 is 1.29 bits per heavy atom. The Morgan fingerprint density at radius 3 is 2.48 bits per heavy atom. The molecule has 1 saturated carbocycles. The van der Waals surface area contributed by atoms with Crippen LogP contribution in [0.15, 0.2) is 27.6 Å². The van der Waals surface area contributed by atoms with Crippen LogP contribution in [0.5, 0.6) is 0 Å². The van der Waals surface area contributed by atoms with Gasteiger partial charge in [0, 0.05) is 4.47 Å². The summed E-state index contributed by atoms with van der Waals surface area (Å²) >= 11 is 3.46. The van der Waals surface area contributed by atoms with Crippen molar-refractivity contribution >= 4 is 26.0 Å². The van der Waals surface area contributed by atoms with Crippen LogP contribution in [0.2, 0.25) is 0 Å². The van der Waals surface area contributed by atoms with Gasteiger partial charge in [0.05, 0.1) is 11.5 Å². The highest BCUT2D eigenvalue weighted by Gasteiger charge is 2.31. The van der Waals surface area contributed by atoms with Crippen LogP contribution in [0.25, 0.3) is 0 Å². The normalized spacial score (nSPS) is 19.6. The van der Waals surface area contributed by atoms with Gasteiger partial charge < -0.3 is 0 Å². The van der Waals surface area contributed by atoms with Crippen molar-refractivity contribution < 1.29 is 12.6 Å². The molecule has 0 amide bonds. The molecule has 0 saturated heterocycles. The van der Waals surface area contributed by atoms with Crippen molar-refractivity contribution in [3.05, 3.63) is 28.2 Å². The molecule has 5 heteroatoms. The maximum absolute atomic E-state index is 12.3. The lowest BCUT2D eigenvalue weighted by Crippen LogP contribution is -2.21. The number of rotatable bonds is 4. The van der Waals surface area contributed by atoms with Gasteiger partial charge in [0.1, 0.15) is 0 Å². The second-order valence-corrected chi connectivity index (χ2v) is 8.98. The van der Waals surface area contributed by atoms with Gasteiger partial charge in [-0.3, -0.25) is 4.18 Å². The average Bonchev–Trinajstić information content (AvgIpc) is 2.38. The zero-order valence-electron chi connectivity index (χ0n) is 12.9. The fourth-order valence-corrected chi connectivity index (χ4v) is 4.56. The van der Waals surface area contributed by atoms with E-state index in [1.807, 2.05) is 6.07 Å². The van der Waals surface area contributed by atoms with E-state index in [1.165, 1.54) is 0 Å². The molecule has 1 aromatic rings. The summed E-state index contributed by atoms with van der Waals surface area (Å²) in [4.78, 5) is 0.331. The molecule has 0 N–H and O–H groups in total. The number of hydrogen-bond donors (Lipinski definition) is 0. The van der Waals surface area contributed by atoms with E-state index in [0.29, 0.717) is 16.2 Å². The summed E-state index contributed by atoms with van der Waals surface area (Å²) in [5.41, 5.74) is 1.26. The van der Waals surface area contributed by atoms with Crippen LogP contribution < -0.4 is 0 Å². The highest BCUT2D eigenvalue weighted by atomic mass is 79.9. The predicted octanol–water partition coefficient (Wildman–Crippen LogP) is 4.86. The minimum atomic E-state index is -3.66. The molecular formula is C16H23BrO3S. The van der Waals surface area contributed by atoms with Crippen molar-refractivity contribution in [3.8, 4) is 0 Å². The highest BCUT2D eigenvalue weighted by molar-refractivity contribution is 9.10. The van der Waals surface area contributed by atoms with Gasteiger partial charge in [0.2, 0.25) is 0 Å². The molecule has 0 spiro atoms. The summed E-state index contributed by atoms with van der Waals surface area (Å²) in [5, 5.41) is 0. The van der Waals surface area contributed by atoms with Crippen molar-refractivity contribution in [1.29, 1.82) is 0 Å². The van der Waals surface area contributed by atoms with E-state index in [1.54, 1.807) is 19.1 Å². The zero-order chi connectivity index (χ0) is 15.7. The van der Waals surface area contributed by atoms with Crippen molar-refractivity contribution in [2.75, 3.05) is 6.61 Å². The third-order valence-corrected chi connectivity index (χ3v) is 6.24. The van der Waals surface area contributed by atoms with Crippen molar-refractivity contribution in [2.24, 2.45) is 5.41 Å². The summed E-state index contributed by atoms with van der Waals surface area (Å²) in [6, 6.07) is 5.36. The molecule has 0 aliphatic heterocycles. The number of hydrogen-bond acceptors (Lipinski definition) is 3. The first kappa shape index (κ1) is 17.0. The Labute approximate surface area is 136 Å². The van der Waals surface area contributed by atoms with Crippen molar-refractivity contribution in [1.82, 2.24) is 0 Å². The van der Waals surface area contributed by atoms with E-state index in [0.717, 1.165) is 35.7 Å². The standard InChI is InChI=1S/C16H23BrO3S/c1-4-20-21(18,19)15-6-5-13(17)11-14(15)12-7-9-16(2,3)10-8-12/h5-6,11-12H,4,7-10H2,1-3H3. The van der Waals surface area contributed by atoms with Crippen LogP contribution in [0.1, 0.15) is 57.9 Å². The first-order valence-electron chi connectivity index (χ1n) is 7.44. The fourth-order valence-electron chi connectivity index (χ4n) is 2.99. The molecule has 0 radical (unpaired) electrons. The maximum Gasteiger partial charge on any atom is 0.297 e. The molecule has 0 atom stereocenters. The summed E-state index contributed by atoms with van der Waals surface area (Å²) in [7, 11) is -3.66. The third kappa shape index (κ3) is 4.08. The summed E-state index contributed by atoms with van der Waals surface area (Å²) < 4.78 is 30.5. The fraction of sp³-hybridized carbons (Fsp3) is 0.625. The Balaban J connectivity index is 2.37. The van der Waals surface area contributed by atoms with E-state index in [-0.39, 0.29) is 6.61 Å². The Kier molecular flexibility index (Phi) is 5.16. The topological polar surface area (TPSA) is 43.4 Å². The Bertz CT molecular complexity index is 598. The molecule has 0 aromatic heterocycles. The minimum Gasteiger partial charge on any atom is -0.267 e. The molecule has 1 aliphatic carbocycles. The molecular weight excluding hydrogens is 352 g/mol. The lowest BCUT2D eigenvalue weighted by atomic mass is 9.71. The van der Waals surface area contributed by atoms with Crippen LogP contribution in [-0.4, -0.2) is 15.0 Å². The zero-order valence-corrected chi connectivity index (χ0v) is 15.3. The molecule has 3 nitrogen and oxygen atoms in total. The molecule has 1 aromatic carbocycles. The van der Waals surface area contributed by atoms with Gasteiger partial charge in [-0.2, -0.15) is 8.42 Å². The van der Waals surface area contributed by atoms with Gasteiger partial charge in [0.15, 0.2) is 0 Å². The van der Waals surface area contributed by atoms with Gasteiger partial charge in [-0.25, -0.2) is 0 Å². The number of halogens is 1. The SMILES string of the molecule is CCOS(=O)(=O)c1ccc(Br)cc1C1CCC(C)(C)CC1. The smallest absolute Gasteiger partial charge is 0.267 e. The predicted molar refractivity (Wildman–Crippen MR) is 87.9 cm³/mol. The van der Waals surface area contributed by atoms with E-state index in [9.17, 15) is 8.42 Å². The summed E-state index contributed by atoms with van der Waals surface area (Å²) in [6.45, 7) is 6.42. The van der Waals surface area contributed by atoms with Gasteiger partial charge in [0.25, 0.3) is 10.1 Å². The lowest BCUT2D eigenvalue weighted by molar-refractivity contribution is 0.223. The van der Waals surface area contributed by atoms with Crippen LogP contribution >= 0.6 is 15.9 Å². The van der Waals surface area contributed by atoms with E-state index in [4.69, 9.17) is 4.18 Å². The molecule has 21 heavy (non-hydrogen) atoms. The second kappa shape index (κ2) is 6.39. The third-order valence-electron chi connectivity index (χ3n) is 4.29. The van der Waals surface area contributed by atoms with Crippen molar-refractivity contribution in [2.45, 2.75) is 57.3 Å². The molecule has 118 valence electrons. The largest absolute Gasteiger partial charge is 0.297 e. The van der Waals surface area contributed by atoms with Crippen LogP contribution in [0.3, 0.4) is 0 Å². The number of benzene rings is 1.